The van der Waals surface area contributed by atoms with Crippen LogP contribution in [0.5, 0.6) is 11.5 Å². The van der Waals surface area contributed by atoms with E-state index in [9.17, 15) is 10.2 Å². The Hall–Kier alpha value is -1.22. The first-order valence-electron chi connectivity index (χ1n) is 6.44. The molecule has 0 radical (unpaired) electrons. The number of phenols is 2. The van der Waals surface area contributed by atoms with Crippen molar-refractivity contribution in [1.29, 1.82) is 0 Å². The van der Waals surface area contributed by atoms with Crippen LogP contribution in [0.3, 0.4) is 0 Å². The smallest absolute Gasteiger partial charge is 0.119 e. The second kappa shape index (κ2) is 5.41. The lowest BCUT2D eigenvalue weighted by Gasteiger charge is -2.32. The maximum Gasteiger partial charge on any atom is 0.119 e. The van der Waals surface area contributed by atoms with Crippen molar-refractivity contribution in [2.45, 2.75) is 32.1 Å². The van der Waals surface area contributed by atoms with Crippen molar-refractivity contribution >= 4 is 0 Å². The van der Waals surface area contributed by atoms with Crippen molar-refractivity contribution < 1.29 is 10.2 Å². The van der Waals surface area contributed by atoms with Gasteiger partial charge in [-0.3, -0.25) is 0 Å². The highest BCUT2D eigenvalue weighted by Crippen LogP contribution is 2.31. The van der Waals surface area contributed by atoms with Crippen LogP contribution in [0, 0.1) is 0 Å². The van der Waals surface area contributed by atoms with Crippen LogP contribution >= 0.6 is 0 Å². The maximum atomic E-state index is 9.52. The summed E-state index contributed by atoms with van der Waals surface area (Å²) in [7, 11) is 0. The first kappa shape index (κ1) is 12.2. The molecule has 1 saturated heterocycles. The second-order valence-corrected chi connectivity index (χ2v) is 4.92. The molecule has 2 rings (SSSR count). The van der Waals surface area contributed by atoms with Crippen LogP contribution in [-0.4, -0.2) is 34.7 Å². The molecule has 1 aromatic carbocycles. The lowest BCUT2D eigenvalue weighted by molar-refractivity contribution is 0.208. The van der Waals surface area contributed by atoms with Gasteiger partial charge in [0.1, 0.15) is 11.5 Å². The van der Waals surface area contributed by atoms with Crippen LogP contribution in [0.4, 0.5) is 0 Å². The predicted molar refractivity (Wildman–Crippen MR) is 68.5 cm³/mol. The molecule has 3 nitrogen and oxygen atoms in total. The number of nitrogens with zero attached hydrogens (tertiary/aromatic N) is 1. The van der Waals surface area contributed by atoms with E-state index in [1.165, 1.54) is 25.5 Å². The van der Waals surface area contributed by atoms with Gasteiger partial charge in [0.05, 0.1) is 0 Å². The molecule has 0 bridgehead atoms. The van der Waals surface area contributed by atoms with Crippen molar-refractivity contribution in [3.8, 4) is 11.5 Å². The Bertz CT molecular complexity index is 356. The van der Waals surface area contributed by atoms with Gasteiger partial charge in [0.2, 0.25) is 0 Å². The average molecular weight is 235 g/mol. The van der Waals surface area contributed by atoms with Crippen LogP contribution in [0.25, 0.3) is 0 Å². The molecule has 0 saturated carbocycles. The molecule has 3 heteroatoms. The zero-order chi connectivity index (χ0) is 12.3. The number of hydrogen-bond acceptors (Lipinski definition) is 3. The number of benzene rings is 1. The fourth-order valence-electron chi connectivity index (χ4n) is 2.70. The highest BCUT2D eigenvalue weighted by Gasteiger charge is 2.21. The Morgan fingerprint density at radius 3 is 2.59 bits per heavy atom. The summed E-state index contributed by atoms with van der Waals surface area (Å²) in [6.45, 7) is 5.55. The molecule has 1 aliphatic rings. The van der Waals surface area contributed by atoms with Crippen molar-refractivity contribution in [3.05, 3.63) is 23.8 Å². The summed E-state index contributed by atoms with van der Waals surface area (Å²) >= 11 is 0. The van der Waals surface area contributed by atoms with E-state index in [4.69, 9.17) is 0 Å². The lowest BCUT2D eigenvalue weighted by Crippen LogP contribution is -2.34. The van der Waals surface area contributed by atoms with Gasteiger partial charge < -0.3 is 15.1 Å². The zero-order valence-electron chi connectivity index (χ0n) is 10.4. The van der Waals surface area contributed by atoms with Gasteiger partial charge in [-0.1, -0.05) is 6.92 Å². The minimum Gasteiger partial charge on any atom is -0.508 e. The molecule has 0 spiro atoms. The maximum absolute atomic E-state index is 9.52. The molecule has 0 aliphatic carbocycles. The van der Waals surface area contributed by atoms with Crippen LogP contribution in [0.1, 0.15) is 37.7 Å². The van der Waals surface area contributed by atoms with Crippen molar-refractivity contribution in [2.24, 2.45) is 0 Å². The largest absolute Gasteiger partial charge is 0.508 e. The molecule has 1 fully saturated rings. The fraction of sp³-hybridized carbons (Fsp3) is 0.571. The molecule has 1 unspecified atom stereocenters. The number of aromatic hydroxyl groups is 2. The molecule has 2 N–H and O–H groups in total. The van der Waals surface area contributed by atoms with Crippen molar-refractivity contribution in [1.82, 2.24) is 4.90 Å². The number of piperidine rings is 1. The van der Waals surface area contributed by atoms with Crippen LogP contribution < -0.4 is 0 Å². The highest BCUT2D eigenvalue weighted by atomic mass is 16.3. The monoisotopic (exact) mass is 235 g/mol. The average Bonchev–Trinajstić information content (AvgIpc) is 2.28. The topological polar surface area (TPSA) is 43.7 Å². The molecule has 0 aromatic heterocycles. The summed E-state index contributed by atoms with van der Waals surface area (Å²) < 4.78 is 0. The summed E-state index contributed by atoms with van der Waals surface area (Å²) in [5, 5.41) is 19.0. The van der Waals surface area contributed by atoms with Gasteiger partial charge in [-0.15, -0.1) is 0 Å². The summed E-state index contributed by atoms with van der Waals surface area (Å²) in [5.74, 6) is 0.758. The molecule has 1 atom stereocenters. The van der Waals surface area contributed by atoms with Crippen LogP contribution in [0.2, 0.25) is 0 Å². The summed E-state index contributed by atoms with van der Waals surface area (Å²) in [5.41, 5.74) is 1.06. The Labute approximate surface area is 103 Å². The highest BCUT2D eigenvalue weighted by molar-refractivity contribution is 5.38. The van der Waals surface area contributed by atoms with Gasteiger partial charge in [-0.25, -0.2) is 0 Å². The van der Waals surface area contributed by atoms with E-state index in [1.54, 1.807) is 12.1 Å². The standard InChI is InChI=1S/C14H21NO2/c1-2-5-15-6-3-4-11(10-15)12-7-13(16)9-14(17)8-12/h7-9,11,16-17H,2-6,10H2,1H3. The van der Waals surface area contributed by atoms with E-state index >= 15 is 0 Å². The van der Waals surface area contributed by atoms with Gasteiger partial charge >= 0.3 is 0 Å². The number of phenolic OH excluding ortho intramolecular Hbond substituents is 2. The Balaban J connectivity index is 2.10. The SMILES string of the molecule is CCCN1CCCC(c2cc(O)cc(O)c2)C1. The van der Waals surface area contributed by atoms with E-state index in [-0.39, 0.29) is 11.5 Å². The molecule has 1 aliphatic heterocycles. The van der Waals surface area contributed by atoms with Gasteiger partial charge in [0.15, 0.2) is 0 Å². The summed E-state index contributed by atoms with van der Waals surface area (Å²) in [6.07, 6.45) is 3.52. The number of likely N-dealkylation sites (tertiary alicyclic amines) is 1. The third kappa shape index (κ3) is 3.13. The van der Waals surface area contributed by atoms with Crippen LogP contribution in [0.15, 0.2) is 18.2 Å². The minimum atomic E-state index is 0.160. The quantitative estimate of drug-likeness (QED) is 0.846. The van der Waals surface area contributed by atoms with Crippen LogP contribution in [-0.2, 0) is 0 Å². The lowest BCUT2D eigenvalue weighted by atomic mass is 9.90. The fourth-order valence-corrected chi connectivity index (χ4v) is 2.70. The first-order valence-corrected chi connectivity index (χ1v) is 6.44. The van der Waals surface area contributed by atoms with Gasteiger partial charge in [0, 0.05) is 12.6 Å². The third-order valence-electron chi connectivity index (χ3n) is 3.44. The first-order chi connectivity index (χ1) is 8.19. The van der Waals surface area contributed by atoms with E-state index in [2.05, 4.69) is 11.8 Å². The predicted octanol–water partition coefficient (Wildman–Crippen LogP) is 2.69. The molecule has 0 amide bonds. The molecule has 1 heterocycles. The summed E-state index contributed by atoms with van der Waals surface area (Å²) in [6, 6.07) is 4.94. The number of hydrogen-bond donors (Lipinski definition) is 2. The molecule has 1 aromatic rings. The molecule has 94 valence electrons. The molecular formula is C14H21NO2. The Morgan fingerprint density at radius 1 is 1.24 bits per heavy atom. The van der Waals surface area contributed by atoms with E-state index in [0.717, 1.165) is 25.1 Å². The normalized spacial score (nSPS) is 21.6. The number of rotatable bonds is 3. The van der Waals surface area contributed by atoms with E-state index in [1.807, 2.05) is 0 Å². The van der Waals surface area contributed by atoms with Gasteiger partial charge in [-0.2, -0.15) is 0 Å². The minimum absolute atomic E-state index is 0.160. The zero-order valence-corrected chi connectivity index (χ0v) is 10.4. The summed E-state index contributed by atoms with van der Waals surface area (Å²) in [4.78, 5) is 2.47. The molecular weight excluding hydrogens is 214 g/mol. The Morgan fingerprint density at radius 2 is 1.94 bits per heavy atom. The second-order valence-electron chi connectivity index (χ2n) is 4.92. The van der Waals surface area contributed by atoms with Gasteiger partial charge in [-0.05, 0) is 56.0 Å². The third-order valence-corrected chi connectivity index (χ3v) is 3.44. The molecule has 17 heavy (non-hydrogen) atoms. The van der Waals surface area contributed by atoms with E-state index < -0.39 is 0 Å². The van der Waals surface area contributed by atoms with Crippen molar-refractivity contribution in [2.75, 3.05) is 19.6 Å². The van der Waals surface area contributed by atoms with Crippen molar-refractivity contribution in [3.63, 3.8) is 0 Å². The van der Waals surface area contributed by atoms with Gasteiger partial charge in [0.25, 0.3) is 0 Å². The van der Waals surface area contributed by atoms with E-state index in [0.29, 0.717) is 5.92 Å². The Kier molecular flexibility index (Phi) is 3.89.